The smallest absolute Gasteiger partial charge is 0.547 e. The molecule has 0 aliphatic rings. The summed E-state index contributed by atoms with van der Waals surface area (Å²) in [4.78, 5) is 67.7. The Labute approximate surface area is 265 Å². The van der Waals surface area contributed by atoms with E-state index in [0.29, 0.717) is 0 Å². The van der Waals surface area contributed by atoms with Gasteiger partial charge >= 0.3 is 59.4 Å². The van der Waals surface area contributed by atoms with E-state index >= 15 is 0 Å². The standard InChI is InChI=1S/C14H23N3O10.C7H14O8.Na/c18-10(19)5-15(1-3-16(6-11(20)21)7-12(22)23)2-4-17(8-13(24)25)9-14(26)27;8-1-2(9)3(10)4(11)5(12)6(13)7(14)15;/h1-9H2,(H,18,19)(H,20,21)(H,22,23)(H,24,25)(H,26,27);2-6,8-13H,1H2,(H,14,15);/q;;+1/p-1/t;2-,3+,4-,5-,6-;/m.1./s1. The molecule has 0 aromatic carbocycles. The molecule has 22 heteroatoms. The molecule has 0 aromatic rings. The van der Waals surface area contributed by atoms with Gasteiger partial charge in [0.1, 0.15) is 30.5 Å². The zero-order valence-electron chi connectivity index (χ0n) is 23.1. The van der Waals surface area contributed by atoms with E-state index in [-0.39, 0.29) is 55.7 Å². The van der Waals surface area contributed by atoms with Gasteiger partial charge in [-0.3, -0.25) is 38.7 Å². The Balaban J connectivity index is -0.000000850. The minimum atomic E-state index is -2.40. The molecule has 0 spiro atoms. The van der Waals surface area contributed by atoms with Gasteiger partial charge in [0.15, 0.2) is 0 Å². The first-order chi connectivity index (χ1) is 19.3. The van der Waals surface area contributed by atoms with Gasteiger partial charge in [-0.1, -0.05) is 0 Å². The first-order valence-electron chi connectivity index (χ1n) is 11.8. The summed E-state index contributed by atoms with van der Waals surface area (Å²) in [5, 5.41) is 107. The number of hydrogen-bond donors (Lipinski definition) is 11. The molecule has 0 aliphatic carbocycles. The third kappa shape index (κ3) is 22.6. The molecule has 11 N–H and O–H groups in total. The summed E-state index contributed by atoms with van der Waals surface area (Å²) in [6.45, 7) is -3.63. The fraction of sp³-hybridized carbons (Fsp3) is 0.714. The van der Waals surface area contributed by atoms with Gasteiger partial charge in [0.05, 0.1) is 45.3 Å². The zero-order valence-corrected chi connectivity index (χ0v) is 25.1. The van der Waals surface area contributed by atoms with Crippen molar-refractivity contribution in [3.05, 3.63) is 0 Å². The molecule has 0 aromatic heterocycles. The number of aliphatic hydroxyl groups excluding tert-OH is 6. The number of carbonyl (C=O) groups is 6. The summed E-state index contributed by atoms with van der Waals surface area (Å²) in [6, 6.07) is 0. The zero-order chi connectivity index (χ0) is 33.2. The predicted octanol–water partition coefficient (Wildman–Crippen LogP) is -11.1. The molecular formula is C21H36N3NaO18. The number of rotatable bonds is 22. The van der Waals surface area contributed by atoms with E-state index in [1.165, 1.54) is 4.90 Å². The van der Waals surface area contributed by atoms with Crippen molar-refractivity contribution < 1.29 is 120 Å². The van der Waals surface area contributed by atoms with Crippen molar-refractivity contribution in [3.63, 3.8) is 0 Å². The van der Waals surface area contributed by atoms with Crippen LogP contribution in [0, 0.1) is 0 Å². The van der Waals surface area contributed by atoms with Crippen LogP contribution in [0.2, 0.25) is 0 Å². The van der Waals surface area contributed by atoms with E-state index in [1.807, 2.05) is 0 Å². The SMILES string of the molecule is O=C(O)CN(CCN(CC(=O)O)CC(=O)O)CCN(CC(=O)O)CC(=O)O.O=C([O-])[C@H](O)[C@H](O)[C@H](O)[C@@H](O)[C@H](O)CO.[Na+]. The Kier molecular flexibility index (Phi) is 24.9. The molecule has 21 nitrogen and oxygen atoms in total. The third-order valence-corrected chi connectivity index (χ3v) is 5.11. The minimum absolute atomic E-state index is 0. The molecule has 0 heterocycles. The maximum Gasteiger partial charge on any atom is 1.00 e. The van der Waals surface area contributed by atoms with E-state index in [9.17, 15) is 33.9 Å². The topological polar surface area (TPSA) is 358 Å². The largest absolute Gasteiger partial charge is 1.00 e. The quantitative estimate of drug-likeness (QED) is 0.0488. The average molecular weight is 642 g/mol. The molecule has 244 valence electrons. The predicted molar refractivity (Wildman–Crippen MR) is 130 cm³/mol. The number of carboxylic acid groups (broad SMARTS) is 6. The summed E-state index contributed by atoms with van der Waals surface area (Å²) in [6.07, 6.45) is -10.5. The van der Waals surface area contributed by atoms with Crippen LogP contribution in [-0.4, -0.2) is 203 Å². The van der Waals surface area contributed by atoms with Crippen LogP contribution in [0.3, 0.4) is 0 Å². The van der Waals surface area contributed by atoms with Crippen molar-refractivity contribution >= 4 is 35.8 Å². The van der Waals surface area contributed by atoms with Gasteiger partial charge in [-0.15, -0.1) is 0 Å². The van der Waals surface area contributed by atoms with Crippen LogP contribution in [0.25, 0.3) is 0 Å². The molecule has 0 rings (SSSR count). The van der Waals surface area contributed by atoms with Gasteiger partial charge in [0.25, 0.3) is 0 Å². The number of nitrogens with zero attached hydrogens (tertiary/aromatic N) is 3. The minimum Gasteiger partial charge on any atom is -0.547 e. The van der Waals surface area contributed by atoms with E-state index in [1.54, 1.807) is 0 Å². The second-order valence-electron chi connectivity index (χ2n) is 8.65. The van der Waals surface area contributed by atoms with Crippen LogP contribution in [-0.2, 0) is 28.8 Å². The number of carbonyl (C=O) groups excluding carboxylic acids is 1. The molecule has 5 atom stereocenters. The van der Waals surface area contributed by atoms with Crippen molar-refractivity contribution in [3.8, 4) is 0 Å². The van der Waals surface area contributed by atoms with Crippen LogP contribution >= 0.6 is 0 Å². The van der Waals surface area contributed by atoms with Crippen molar-refractivity contribution in [1.82, 2.24) is 14.7 Å². The Morgan fingerprint density at radius 3 is 1.05 bits per heavy atom. The van der Waals surface area contributed by atoms with E-state index in [4.69, 9.17) is 56.2 Å². The van der Waals surface area contributed by atoms with Gasteiger partial charge in [0, 0.05) is 26.2 Å². The fourth-order valence-corrected chi connectivity index (χ4v) is 3.08. The van der Waals surface area contributed by atoms with Crippen molar-refractivity contribution in [2.75, 3.05) is 65.5 Å². The Hall–Kier alpha value is -2.54. The van der Waals surface area contributed by atoms with Crippen molar-refractivity contribution in [2.24, 2.45) is 0 Å². The summed E-state index contributed by atoms with van der Waals surface area (Å²) in [5.74, 6) is -8.19. The maximum absolute atomic E-state index is 11.0. The van der Waals surface area contributed by atoms with Gasteiger partial charge in [0.2, 0.25) is 0 Å². The third-order valence-electron chi connectivity index (χ3n) is 5.11. The van der Waals surface area contributed by atoms with Crippen LogP contribution in [0.15, 0.2) is 0 Å². The molecule has 0 amide bonds. The number of aliphatic hydroxyl groups is 6. The van der Waals surface area contributed by atoms with Gasteiger partial charge < -0.3 is 66.1 Å². The van der Waals surface area contributed by atoms with Crippen LogP contribution in [0.4, 0.5) is 0 Å². The second-order valence-corrected chi connectivity index (χ2v) is 8.65. The molecule has 0 saturated carbocycles. The van der Waals surface area contributed by atoms with E-state index in [0.717, 1.165) is 9.80 Å². The Morgan fingerprint density at radius 2 is 0.791 bits per heavy atom. The number of carboxylic acids is 6. The van der Waals surface area contributed by atoms with E-state index in [2.05, 4.69) is 0 Å². The summed E-state index contributed by atoms with van der Waals surface area (Å²) >= 11 is 0. The molecule has 0 radical (unpaired) electrons. The summed E-state index contributed by atoms with van der Waals surface area (Å²) in [5.41, 5.74) is 0. The molecular weight excluding hydrogens is 605 g/mol. The van der Waals surface area contributed by atoms with Crippen LogP contribution in [0.1, 0.15) is 0 Å². The number of aliphatic carboxylic acids is 6. The van der Waals surface area contributed by atoms with Crippen LogP contribution < -0.4 is 34.7 Å². The fourth-order valence-electron chi connectivity index (χ4n) is 3.08. The molecule has 43 heavy (non-hydrogen) atoms. The Morgan fingerprint density at radius 1 is 0.512 bits per heavy atom. The first kappa shape index (κ1) is 44.9. The second kappa shape index (κ2) is 23.9. The molecule has 0 aliphatic heterocycles. The first-order valence-corrected chi connectivity index (χ1v) is 11.8. The summed E-state index contributed by atoms with van der Waals surface area (Å²) in [7, 11) is 0. The summed E-state index contributed by atoms with van der Waals surface area (Å²) < 4.78 is 0. The Bertz CT molecular complexity index is 823. The van der Waals surface area contributed by atoms with Crippen molar-refractivity contribution in [1.29, 1.82) is 0 Å². The molecule has 0 bridgehead atoms. The average Bonchev–Trinajstić information content (AvgIpc) is 2.86. The van der Waals surface area contributed by atoms with Gasteiger partial charge in [-0.05, 0) is 0 Å². The normalized spacial score (nSPS) is 14.4. The maximum atomic E-state index is 11.0. The molecule has 0 saturated heterocycles. The van der Waals surface area contributed by atoms with Crippen LogP contribution in [0.5, 0.6) is 0 Å². The van der Waals surface area contributed by atoms with Gasteiger partial charge in [-0.25, -0.2) is 0 Å². The monoisotopic (exact) mass is 641 g/mol. The molecule has 0 unspecified atom stereocenters. The van der Waals surface area contributed by atoms with E-state index < -0.39 is 106 Å². The molecule has 0 fully saturated rings. The van der Waals surface area contributed by atoms with Crippen molar-refractivity contribution in [2.45, 2.75) is 30.5 Å². The number of hydrogen-bond acceptors (Lipinski definition) is 16. The van der Waals surface area contributed by atoms with Gasteiger partial charge in [-0.2, -0.15) is 0 Å².